The van der Waals surface area contributed by atoms with Crippen molar-refractivity contribution in [1.29, 1.82) is 0 Å². The van der Waals surface area contributed by atoms with Crippen molar-refractivity contribution < 1.29 is 19.1 Å². The average molecular weight is 379 g/mol. The number of carboxylic acids is 1. The quantitative estimate of drug-likeness (QED) is 0.465. The van der Waals surface area contributed by atoms with E-state index in [0.717, 1.165) is 54.0 Å². The van der Waals surface area contributed by atoms with E-state index in [1.165, 1.54) is 0 Å². The smallest absolute Gasteiger partial charge is 0.303 e. The molecule has 3 aromatic rings. The van der Waals surface area contributed by atoms with Gasteiger partial charge in [-0.25, -0.2) is 4.98 Å². The van der Waals surface area contributed by atoms with Crippen LogP contribution < -0.4 is 4.74 Å². The number of benzene rings is 2. The van der Waals surface area contributed by atoms with Crippen molar-refractivity contribution in [3.8, 4) is 28.3 Å². The molecule has 0 saturated carbocycles. The van der Waals surface area contributed by atoms with E-state index < -0.39 is 5.97 Å². The van der Waals surface area contributed by atoms with Gasteiger partial charge in [-0.2, -0.15) is 0 Å². The lowest BCUT2D eigenvalue weighted by Gasteiger charge is -2.04. The molecule has 0 radical (unpaired) electrons. The molecule has 2 aromatic carbocycles. The van der Waals surface area contributed by atoms with Crippen LogP contribution in [0.2, 0.25) is 0 Å². The molecule has 0 unspecified atom stereocenters. The second-order valence-corrected chi connectivity index (χ2v) is 6.69. The topological polar surface area (TPSA) is 72.6 Å². The highest BCUT2D eigenvalue weighted by Gasteiger charge is 2.17. The first kappa shape index (κ1) is 19.7. The summed E-state index contributed by atoms with van der Waals surface area (Å²) in [5.41, 5.74) is 2.77. The van der Waals surface area contributed by atoms with Crippen molar-refractivity contribution in [1.82, 2.24) is 4.98 Å². The Morgan fingerprint density at radius 3 is 2.50 bits per heavy atom. The van der Waals surface area contributed by atoms with Gasteiger partial charge in [0.15, 0.2) is 11.7 Å². The average Bonchev–Trinajstić information content (AvgIpc) is 3.15. The standard InChI is InChI=1S/C23H25NO4/c1-27-19-13-9-12-18(16-19)23-22(17-10-5-4-6-11-17)24-20(28-23)14-7-2-3-8-15-21(25)26/h4-6,9-13,16H,2-3,7-8,14-15H2,1H3,(H,25,26). The van der Waals surface area contributed by atoms with Gasteiger partial charge in [-0.15, -0.1) is 0 Å². The highest BCUT2D eigenvalue weighted by Crippen LogP contribution is 2.34. The highest BCUT2D eigenvalue weighted by molar-refractivity contribution is 5.77. The SMILES string of the molecule is COc1cccc(-c2oc(CCCCCCC(=O)O)nc2-c2ccccc2)c1. The van der Waals surface area contributed by atoms with Crippen LogP contribution in [0, 0.1) is 0 Å². The summed E-state index contributed by atoms with van der Waals surface area (Å²) in [4.78, 5) is 15.3. The number of methoxy groups -OCH3 is 1. The number of aromatic nitrogens is 1. The van der Waals surface area contributed by atoms with Crippen molar-refractivity contribution in [2.75, 3.05) is 7.11 Å². The number of hydrogen-bond donors (Lipinski definition) is 1. The molecule has 5 heteroatoms. The summed E-state index contributed by atoms with van der Waals surface area (Å²) in [6.45, 7) is 0. The van der Waals surface area contributed by atoms with Gasteiger partial charge in [-0.3, -0.25) is 4.79 Å². The summed E-state index contributed by atoms with van der Waals surface area (Å²) in [7, 11) is 1.65. The van der Waals surface area contributed by atoms with E-state index in [4.69, 9.17) is 19.2 Å². The molecule has 0 bridgehead atoms. The summed E-state index contributed by atoms with van der Waals surface area (Å²) in [6, 6.07) is 17.8. The molecule has 0 spiro atoms. The molecule has 3 rings (SSSR count). The van der Waals surface area contributed by atoms with E-state index >= 15 is 0 Å². The Balaban J connectivity index is 1.77. The first-order valence-corrected chi connectivity index (χ1v) is 9.58. The van der Waals surface area contributed by atoms with Crippen LogP contribution in [0.3, 0.4) is 0 Å². The van der Waals surface area contributed by atoms with E-state index in [0.29, 0.717) is 12.3 Å². The first-order chi connectivity index (χ1) is 13.7. The van der Waals surface area contributed by atoms with Crippen LogP contribution in [0.4, 0.5) is 0 Å². The first-order valence-electron chi connectivity index (χ1n) is 9.58. The van der Waals surface area contributed by atoms with Crippen LogP contribution in [0.5, 0.6) is 5.75 Å². The Morgan fingerprint density at radius 1 is 1.00 bits per heavy atom. The number of rotatable bonds is 10. The minimum Gasteiger partial charge on any atom is -0.497 e. The molecule has 0 atom stereocenters. The molecule has 1 N–H and O–H groups in total. The van der Waals surface area contributed by atoms with Crippen LogP contribution in [-0.2, 0) is 11.2 Å². The third-order valence-electron chi connectivity index (χ3n) is 4.58. The largest absolute Gasteiger partial charge is 0.497 e. The molecular weight excluding hydrogens is 354 g/mol. The Labute approximate surface area is 165 Å². The molecular formula is C23H25NO4. The maximum atomic E-state index is 10.6. The lowest BCUT2D eigenvalue weighted by Crippen LogP contribution is -1.94. The molecule has 5 nitrogen and oxygen atoms in total. The van der Waals surface area contributed by atoms with E-state index in [1.54, 1.807) is 7.11 Å². The predicted octanol–water partition coefficient (Wildman–Crippen LogP) is 5.59. The number of carboxylic acid groups (broad SMARTS) is 1. The summed E-state index contributed by atoms with van der Waals surface area (Å²) in [6.07, 6.45) is 4.47. The number of hydrogen-bond acceptors (Lipinski definition) is 4. The molecule has 0 amide bonds. The number of aliphatic carboxylic acids is 1. The Kier molecular flexibility index (Phi) is 6.84. The van der Waals surface area contributed by atoms with Gasteiger partial charge in [-0.1, -0.05) is 55.3 Å². The zero-order valence-electron chi connectivity index (χ0n) is 16.1. The van der Waals surface area contributed by atoms with E-state index in [1.807, 2.05) is 54.6 Å². The Hall–Kier alpha value is -3.08. The monoisotopic (exact) mass is 379 g/mol. The molecule has 0 aliphatic carbocycles. The third kappa shape index (κ3) is 5.22. The third-order valence-corrected chi connectivity index (χ3v) is 4.58. The minimum absolute atomic E-state index is 0.233. The summed E-state index contributed by atoms with van der Waals surface area (Å²) < 4.78 is 11.5. The Bertz CT molecular complexity index is 902. The van der Waals surface area contributed by atoms with Gasteiger partial charge in [0.25, 0.3) is 0 Å². The van der Waals surface area contributed by atoms with Crippen LogP contribution in [0.25, 0.3) is 22.6 Å². The van der Waals surface area contributed by atoms with Crippen LogP contribution in [0.15, 0.2) is 59.0 Å². The van der Waals surface area contributed by atoms with E-state index in [9.17, 15) is 4.79 Å². The zero-order valence-corrected chi connectivity index (χ0v) is 16.1. The van der Waals surface area contributed by atoms with Crippen molar-refractivity contribution in [2.24, 2.45) is 0 Å². The Morgan fingerprint density at radius 2 is 1.75 bits per heavy atom. The molecule has 0 aliphatic heterocycles. The van der Waals surface area contributed by atoms with Gasteiger partial charge in [0.2, 0.25) is 0 Å². The second kappa shape index (κ2) is 9.74. The molecule has 0 fully saturated rings. The molecule has 28 heavy (non-hydrogen) atoms. The summed E-state index contributed by atoms with van der Waals surface area (Å²) >= 11 is 0. The van der Waals surface area contributed by atoms with Crippen LogP contribution >= 0.6 is 0 Å². The van der Waals surface area contributed by atoms with Crippen molar-refractivity contribution in [2.45, 2.75) is 38.5 Å². The fraction of sp³-hybridized carbons (Fsp3) is 0.304. The van der Waals surface area contributed by atoms with Crippen molar-refractivity contribution >= 4 is 5.97 Å². The molecule has 146 valence electrons. The second-order valence-electron chi connectivity index (χ2n) is 6.69. The highest BCUT2D eigenvalue weighted by atomic mass is 16.5. The fourth-order valence-corrected chi connectivity index (χ4v) is 3.13. The van der Waals surface area contributed by atoms with Gasteiger partial charge < -0.3 is 14.3 Å². The van der Waals surface area contributed by atoms with Crippen LogP contribution in [-0.4, -0.2) is 23.2 Å². The molecule has 1 aromatic heterocycles. The van der Waals surface area contributed by atoms with E-state index in [2.05, 4.69) is 0 Å². The number of unbranched alkanes of at least 4 members (excludes halogenated alkanes) is 3. The lowest BCUT2D eigenvalue weighted by molar-refractivity contribution is -0.137. The summed E-state index contributed by atoms with van der Waals surface area (Å²) in [5, 5.41) is 8.70. The molecule has 1 heterocycles. The lowest BCUT2D eigenvalue weighted by atomic mass is 10.1. The maximum absolute atomic E-state index is 10.6. The number of carbonyl (C=O) groups is 1. The van der Waals surface area contributed by atoms with Gasteiger partial charge in [0, 0.05) is 24.0 Å². The van der Waals surface area contributed by atoms with Crippen molar-refractivity contribution in [3.63, 3.8) is 0 Å². The maximum Gasteiger partial charge on any atom is 0.303 e. The van der Waals surface area contributed by atoms with Gasteiger partial charge in [-0.05, 0) is 25.0 Å². The normalized spacial score (nSPS) is 10.8. The number of ether oxygens (including phenoxy) is 1. The fourth-order valence-electron chi connectivity index (χ4n) is 3.13. The van der Waals surface area contributed by atoms with Crippen LogP contribution in [0.1, 0.15) is 38.0 Å². The number of nitrogens with zero attached hydrogens (tertiary/aromatic N) is 1. The number of aryl methyl sites for hydroxylation is 1. The van der Waals surface area contributed by atoms with Crippen molar-refractivity contribution in [3.05, 3.63) is 60.5 Å². The van der Waals surface area contributed by atoms with Gasteiger partial charge in [0.1, 0.15) is 11.4 Å². The zero-order chi connectivity index (χ0) is 19.8. The molecule has 0 aliphatic rings. The number of oxazole rings is 1. The molecule has 0 saturated heterocycles. The van der Waals surface area contributed by atoms with Gasteiger partial charge in [0.05, 0.1) is 7.11 Å². The summed E-state index contributed by atoms with van der Waals surface area (Å²) in [5.74, 6) is 1.48. The predicted molar refractivity (Wildman–Crippen MR) is 108 cm³/mol. The minimum atomic E-state index is -0.733. The van der Waals surface area contributed by atoms with E-state index in [-0.39, 0.29) is 6.42 Å². The van der Waals surface area contributed by atoms with Gasteiger partial charge >= 0.3 is 5.97 Å².